The lowest BCUT2D eigenvalue weighted by Gasteiger charge is -2.16. The maximum absolute atomic E-state index is 13.5. The molecule has 108 valence electrons. The van der Waals surface area contributed by atoms with Gasteiger partial charge >= 0.3 is 0 Å². The molecular formula is C16H14ClFN2O. The third kappa shape index (κ3) is 2.53. The highest BCUT2D eigenvalue weighted by molar-refractivity contribution is 6.34. The van der Waals surface area contributed by atoms with Crippen LogP contribution in [0.1, 0.15) is 22.9 Å². The lowest BCUT2D eigenvalue weighted by atomic mass is 9.99. The van der Waals surface area contributed by atoms with Crippen LogP contribution in [0.4, 0.5) is 4.39 Å². The molecule has 0 amide bonds. The van der Waals surface area contributed by atoms with Gasteiger partial charge < -0.3 is 4.42 Å². The van der Waals surface area contributed by atoms with Gasteiger partial charge in [-0.1, -0.05) is 29.8 Å². The standard InChI is InChI=1S/C16H14ClFN2O/c1-9-5-6-11(18)8-12(9)15(20-19)14-7-10-3-2-4-13(17)16(10)21-14/h2-8,15,20H,19H2,1H3. The number of nitrogens with two attached hydrogens (primary N) is 1. The number of fused-ring (bicyclic) bond motifs is 1. The van der Waals surface area contributed by atoms with Gasteiger partial charge in [-0.05, 0) is 42.3 Å². The Bertz CT molecular complexity index is 800. The van der Waals surface area contributed by atoms with E-state index in [4.69, 9.17) is 21.9 Å². The molecule has 3 aromatic rings. The molecule has 0 aliphatic rings. The van der Waals surface area contributed by atoms with Gasteiger partial charge in [0.15, 0.2) is 5.58 Å². The predicted octanol–water partition coefficient (Wildman–Crippen LogP) is 4.09. The fourth-order valence-electron chi connectivity index (χ4n) is 2.44. The summed E-state index contributed by atoms with van der Waals surface area (Å²) in [5, 5.41) is 1.41. The minimum absolute atomic E-state index is 0.315. The van der Waals surface area contributed by atoms with E-state index in [-0.39, 0.29) is 5.82 Å². The molecule has 0 spiro atoms. The first-order valence-electron chi connectivity index (χ1n) is 6.50. The lowest BCUT2D eigenvalue weighted by molar-refractivity contribution is 0.474. The van der Waals surface area contributed by atoms with Crippen LogP contribution in [0.25, 0.3) is 11.0 Å². The largest absolute Gasteiger partial charge is 0.457 e. The second-order valence-corrected chi connectivity index (χ2v) is 5.31. The summed E-state index contributed by atoms with van der Waals surface area (Å²) in [5.74, 6) is 5.93. The molecule has 0 aliphatic carbocycles. The first-order valence-corrected chi connectivity index (χ1v) is 6.88. The van der Waals surface area contributed by atoms with E-state index in [1.54, 1.807) is 12.1 Å². The molecule has 1 aromatic heterocycles. The van der Waals surface area contributed by atoms with Crippen LogP contribution in [0.2, 0.25) is 5.02 Å². The summed E-state index contributed by atoms with van der Waals surface area (Å²) < 4.78 is 19.3. The summed E-state index contributed by atoms with van der Waals surface area (Å²) in [6.07, 6.45) is 0. The van der Waals surface area contributed by atoms with E-state index < -0.39 is 6.04 Å². The SMILES string of the molecule is Cc1ccc(F)cc1C(NN)c1cc2cccc(Cl)c2o1. The van der Waals surface area contributed by atoms with Crippen molar-refractivity contribution >= 4 is 22.6 Å². The van der Waals surface area contributed by atoms with E-state index in [1.807, 2.05) is 25.1 Å². The van der Waals surface area contributed by atoms with Crippen molar-refractivity contribution in [3.63, 3.8) is 0 Å². The molecule has 0 saturated carbocycles. The van der Waals surface area contributed by atoms with E-state index in [0.717, 1.165) is 16.5 Å². The zero-order valence-electron chi connectivity index (χ0n) is 11.4. The van der Waals surface area contributed by atoms with Crippen LogP contribution in [-0.4, -0.2) is 0 Å². The van der Waals surface area contributed by atoms with E-state index in [0.29, 0.717) is 16.4 Å². The lowest BCUT2D eigenvalue weighted by Crippen LogP contribution is -2.29. The maximum Gasteiger partial charge on any atom is 0.152 e. The normalized spacial score (nSPS) is 12.8. The second-order valence-electron chi connectivity index (χ2n) is 4.91. The number of nitrogens with one attached hydrogen (secondary N) is 1. The van der Waals surface area contributed by atoms with Crippen LogP contribution in [0, 0.1) is 12.7 Å². The van der Waals surface area contributed by atoms with E-state index >= 15 is 0 Å². The average Bonchev–Trinajstić information content (AvgIpc) is 2.89. The molecule has 21 heavy (non-hydrogen) atoms. The molecule has 1 atom stereocenters. The molecule has 0 aliphatic heterocycles. The number of para-hydroxylation sites is 1. The Morgan fingerprint density at radius 3 is 2.76 bits per heavy atom. The van der Waals surface area contributed by atoms with Crippen molar-refractivity contribution < 1.29 is 8.81 Å². The van der Waals surface area contributed by atoms with E-state index in [9.17, 15) is 4.39 Å². The first-order chi connectivity index (χ1) is 10.1. The summed E-state index contributed by atoms with van der Waals surface area (Å²) in [6.45, 7) is 1.90. The van der Waals surface area contributed by atoms with Crippen LogP contribution in [-0.2, 0) is 0 Å². The van der Waals surface area contributed by atoms with Gasteiger partial charge in [0.1, 0.15) is 17.6 Å². The number of hydrogen-bond donors (Lipinski definition) is 2. The van der Waals surface area contributed by atoms with Crippen LogP contribution in [0.15, 0.2) is 46.9 Å². The number of aryl methyl sites for hydroxylation is 1. The van der Waals surface area contributed by atoms with Crippen LogP contribution < -0.4 is 11.3 Å². The summed E-state index contributed by atoms with van der Waals surface area (Å²) in [4.78, 5) is 0. The van der Waals surface area contributed by atoms with Crippen molar-refractivity contribution in [1.29, 1.82) is 0 Å². The van der Waals surface area contributed by atoms with Crippen molar-refractivity contribution in [2.24, 2.45) is 5.84 Å². The Balaban J connectivity index is 2.13. The number of furan rings is 1. The minimum atomic E-state index is -0.441. The predicted molar refractivity (Wildman–Crippen MR) is 81.5 cm³/mol. The second kappa shape index (κ2) is 5.48. The molecule has 5 heteroatoms. The summed E-state index contributed by atoms with van der Waals surface area (Å²) >= 11 is 6.12. The van der Waals surface area contributed by atoms with Gasteiger partial charge in [-0.15, -0.1) is 0 Å². The Morgan fingerprint density at radius 1 is 1.24 bits per heavy atom. The quantitative estimate of drug-likeness (QED) is 0.566. The fourth-order valence-corrected chi connectivity index (χ4v) is 2.66. The van der Waals surface area contributed by atoms with Crippen molar-refractivity contribution in [2.45, 2.75) is 13.0 Å². The highest BCUT2D eigenvalue weighted by atomic mass is 35.5. The summed E-state index contributed by atoms with van der Waals surface area (Å²) in [5.41, 5.74) is 4.93. The maximum atomic E-state index is 13.5. The van der Waals surface area contributed by atoms with Crippen molar-refractivity contribution in [2.75, 3.05) is 0 Å². The third-order valence-corrected chi connectivity index (χ3v) is 3.82. The average molecular weight is 305 g/mol. The van der Waals surface area contributed by atoms with Crippen molar-refractivity contribution in [3.05, 3.63) is 70.2 Å². The first kappa shape index (κ1) is 14.1. The third-order valence-electron chi connectivity index (χ3n) is 3.52. The van der Waals surface area contributed by atoms with Gasteiger partial charge in [-0.2, -0.15) is 0 Å². The molecule has 3 rings (SSSR count). The molecule has 1 heterocycles. The van der Waals surface area contributed by atoms with Gasteiger partial charge in [0.25, 0.3) is 0 Å². The molecule has 3 N–H and O–H groups in total. The van der Waals surface area contributed by atoms with Crippen molar-refractivity contribution in [3.8, 4) is 0 Å². The Morgan fingerprint density at radius 2 is 2.05 bits per heavy atom. The molecule has 1 unspecified atom stereocenters. The molecule has 0 radical (unpaired) electrons. The fraction of sp³-hybridized carbons (Fsp3) is 0.125. The number of benzene rings is 2. The monoisotopic (exact) mass is 304 g/mol. The van der Waals surface area contributed by atoms with Gasteiger partial charge in [0.05, 0.1) is 5.02 Å². The molecule has 2 aromatic carbocycles. The van der Waals surface area contributed by atoms with Crippen LogP contribution in [0.5, 0.6) is 0 Å². The number of halogens is 2. The smallest absolute Gasteiger partial charge is 0.152 e. The van der Waals surface area contributed by atoms with Gasteiger partial charge in [0.2, 0.25) is 0 Å². The van der Waals surface area contributed by atoms with Crippen LogP contribution >= 0.6 is 11.6 Å². The molecule has 0 bridgehead atoms. The zero-order chi connectivity index (χ0) is 15.0. The van der Waals surface area contributed by atoms with Crippen LogP contribution in [0.3, 0.4) is 0 Å². The number of rotatable bonds is 3. The molecular weight excluding hydrogens is 291 g/mol. The summed E-state index contributed by atoms with van der Waals surface area (Å²) in [7, 11) is 0. The van der Waals surface area contributed by atoms with Gasteiger partial charge in [-0.3, -0.25) is 5.84 Å². The Hall–Kier alpha value is -1.88. The topological polar surface area (TPSA) is 51.2 Å². The van der Waals surface area contributed by atoms with E-state index in [1.165, 1.54) is 12.1 Å². The highest BCUT2D eigenvalue weighted by Gasteiger charge is 2.20. The van der Waals surface area contributed by atoms with Crippen molar-refractivity contribution in [1.82, 2.24) is 5.43 Å². The Labute approximate surface area is 126 Å². The Kier molecular flexibility index (Phi) is 3.68. The molecule has 3 nitrogen and oxygen atoms in total. The molecule has 0 saturated heterocycles. The molecule has 0 fully saturated rings. The van der Waals surface area contributed by atoms with E-state index in [2.05, 4.69) is 5.43 Å². The number of hydrogen-bond acceptors (Lipinski definition) is 3. The zero-order valence-corrected chi connectivity index (χ0v) is 12.1. The summed E-state index contributed by atoms with van der Waals surface area (Å²) in [6, 6.07) is 11.5. The van der Waals surface area contributed by atoms with Gasteiger partial charge in [-0.25, -0.2) is 9.82 Å². The number of hydrazine groups is 1. The minimum Gasteiger partial charge on any atom is -0.457 e. The van der Waals surface area contributed by atoms with Gasteiger partial charge in [0, 0.05) is 5.39 Å². The highest BCUT2D eigenvalue weighted by Crippen LogP contribution is 2.32.